The number of rotatable bonds is 3. The monoisotopic (exact) mass is 337 g/mol. The lowest BCUT2D eigenvalue weighted by Gasteiger charge is -2.41. The van der Waals surface area contributed by atoms with Gasteiger partial charge in [0.1, 0.15) is 0 Å². The van der Waals surface area contributed by atoms with Crippen molar-refractivity contribution < 1.29 is 19.0 Å². The summed E-state index contributed by atoms with van der Waals surface area (Å²) >= 11 is 0. The standard InChI is InChI=1S/C17H25NO4.C2H6/c1-10-8-11(2)18-13(16(20-4)21-5)6-7-14(18)17(3)12(10)9-15(19)22-17;1-2/h8-9,11,13-14,16H,6-7H2,1-5H3;1-2H3/t11-,13?,14?,17-;/m0./s1. The highest BCUT2D eigenvalue weighted by Gasteiger charge is 2.55. The van der Waals surface area contributed by atoms with Gasteiger partial charge >= 0.3 is 5.97 Å². The van der Waals surface area contributed by atoms with Gasteiger partial charge in [0.25, 0.3) is 0 Å². The average molecular weight is 337 g/mol. The van der Waals surface area contributed by atoms with Gasteiger partial charge in [0.15, 0.2) is 11.9 Å². The Bertz CT molecular complexity index is 537. The zero-order valence-corrected chi connectivity index (χ0v) is 16.0. The van der Waals surface area contributed by atoms with E-state index in [0.29, 0.717) is 0 Å². The van der Waals surface area contributed by atoms with Crippen molar-refractivity contribution in [2.75, 3.05) is 14.2 Å². The largest absolute Gasteiger partial charge is 0.450 e. The summed E-state index contributed by atoms with van der Waals surface area (Å²) in [5.41, 5.74) is 1.56. The summed E-state index contributed by atoms with van der Waals surface area (Å²) in [6, 6.07) is 0.550. The van der Waals surface area contributed by atoms with E-state index in [1.54, 1.807) is 20.3 Å². The molecule has 24 heavy (non-hydrogen) atoms. The Morgan fingerprint density at radius 2 is 1.92 bits per heavy atom. The predicted molar refractivity (Wildman–Crippen MR) is 93.6 cm³/mol. The second kappa shape index (κ2) is 7.38. The molecule has 3 aliphatic rings. The van der Waals surface area contributed by atoms with Crippen LogP contribution in [-0.4, -0.2) is 55.1 Å². The normalized spacial score (nSPS) is 35.3. The minimum atomic E-state index is -0.580. The van der Waals surface area contributed by atoms with Gasteiger partial charge in [-0.05, 0) is 39.2 Å². The summed E-state index contributed by atoms with van der Waals surface area (Å²) in [5.74, 6) is -0.238. The number of hydrogen-bond donors (Lipinski definition) is 0. The average Bonchev–Trinajstić information content (AvgIpc) is 3.11. The van der Waals surface area contributed by atoms with Gasteiger partial charge in [-0.2, -0.15) is 0 Å². The van der Waals surface area contributed by atoms with Crippen LogP contribution in [0.1, 0.15) is 47.5 Å². The quantitative estimate of drug-likeness (QED) is 0.585. The molecule has 0 saturated carbocycles. The number of nitrogens with zero attached hydrogens (tertiary/aromatic N) is 1. The molecule has 3 aliphatic heterocycles. The fourth-order valence-corrected chi connectivity index (χ4v) is 4.54. The Hall–Kier alpha value is -1.17. The molecule has 0 spiro atoms. The molecule has 3 heterocycles. The number of methoxy groups -OCH3 is 2. The zero-order valence-electron chi connectivity index (χ0n) is 16.0. The SMILES string of the molecule is CC.COC(OC)C1CCC2N1[C@@H](C)C=C(C)C1=CC(=O)O[C@@]12C. The summed E-state index contributed by atoms with van der Waals surface area (Å²) in [6.45, 7) is 10.3. The maximum atomic E-state index is 11.9. The van der Waals surface area contributed by atoms with E-state index >= 15 is 0 Å². The van der Waals surface area contributed by atoms with Gasteiger partial charge < -0.3 is 14.2 Å². The predicted octanol–water partition coefficient (Wildman–Crippen LogP) is 3.05. The first-order valence-corrected chi connectivity index (χ1v) is 8.89. The molecule has 0 aliphatic carbocycles. The second-order valence-electron chi connectivity index (χ2n) is 6.62. The molecule has 4 atom stereocenters. The fourth-order valence-electron chi connectivity index (χ4n) is 4.54. The molecule has 0 amide bonds. The molecule has 5 heteroatoms. The first-order valence-electron chi connectivity index (χ1n) is 8.89. The molecule has 0 aromatic rings. The molecule has 1 saturated heterocycles. The highest BCUT2D eigenvalue weighted by molar-refractivity contribution is 5.88. The van der Waals surface area contributed by atoms with E-state index in [-0.39, 0.29) is 30.4 Å². The van der Waals surface area contributed by atoms with Crippen LogP contribution >= 0.6 is 0 Å². The van der Waals surface area contributed by atoms with Crippen LogP contribution in [0.25, 0.3) is 0 Å². The van der Waals surface area contributed by atoms with Gasteiger partial charge in [-0.25, -0.2) is 4.79 Å². The van der Waals surface area contributed by atoms with Gasteiger partial charge in [0.05, 0.1) is 12.1 Å². The van der Waals surface area contributed by atoms with Crippen molar-refractivity contribution in [2.45, 2.75) is 77.5 Å². The highest BCUT2D eigenvalue weighted by atomic mass is 16.7. The van der Waals surface area contributed by atoms with E-state index in [2.05, 4.69) is 24.8 Å². The van der Waals surface area contributed by atoms with Crippen molar-refractivity contribution in [3.8, 4) is 0 Å². The summed E-state index contributed by atoms with van der Waals surface area (Å²) in [7, 11) is 3.35. The first-order chi connectivity index (χ1) is 11.4. The van der Waals surface area contributed by atoms with Crippen LogP contribution in [0.2, 0.25) is 0 Å². The first kappa shape index (κ1) is 19.2. The van der Waals surface area contributed by atoms with E-state index in [4.69, 9.17) is 14.2 Å². The molecule has 0 aromatic heterocycles. The molecular weight excluding hydrogens is 306 g/mol. The third-order valence-electron chi connectivity index (χ3n) is 5.39. The molecule has 2 unspecified atom stereocenters. The van der Waals surface area contributed by atoms with Gasteiger partial charge in [-0.15, -0.1) is 0 Å². The lowest BCUT2D eigenvalue weighted by molar-refractivity contribution is -0.161. The Labute approximate surface area is 145 Å². The smallest absolute Gasteiger partial charge is 0.332 e. The minimum Gasteiger partial charge on any atom is -0.450 e. The van der Waals surface area contributed by atoms with Crippen molar-refractivity contribution in [2.24, 2.45) is 0 Å². The summed E-state index contributed by atoms with van der Waals surface area (Å²) in [6.07, 6.45) is 5.52. The Morgan fingerprint density at radius 3 is 2.50 bits per heavy atom. The number of fused-ring (bicyclic) bond motifs is 3. The number of ether oxygens (including phenoxy) is 3. The lowest BCUT2D eigenvalue weighted by Crippen LogP contribution is -2.55. The van der Waals surface area contributed by atoms with Gasteiger partial charge in [-0.3, -0.25) is 4.90 Å². The highest BCUT2D eigenvalue weighted by Crippen LogP contribution is 2.47. The van der Waals surface area contributed by atoms with E-state index < -0.39 is 5.60 Å². The Kier molecular flexibility index (Phi) is 5.89. The van der Waals surface area contributed by atoms with Crippen molar-refractivity contribution >= 4 is 5.97 Å². The van der Waals surface area contributed by atoms with Crippen molar-refractivity contribution in [1.29, 1.82) is 0 Å². The summed E-state index contributed by atoms with van der Waals surface area (Å²) < 4.78 is 16.8. The number of carbonyl (C=O) groups is 1. The van der Waals surface area contributed by atoms with Crippen molar-refractivity contribution in [1.82, 2.24) is 4.90 Å². The molecule has 5 nitrogen and oxygen atoms in total. The minimum absolute atomic E-state index is 0.145. The van der Waals surface area contributed by atoms with Gasteiger partial charge in [0.2, 0.25) is 0 Å². The number of hydrogen-bond acceptors (Lipinski definition) is 5. The van der Waals surface area contributed by atoms with Crippen molar-refractivity contribution in [3.63, 3.8) is 0 Å². The number of esters is 1. The molecule has 0 bridgehead atoms. The Morgan fingerprint density at radius 1 is 1.29 bits per heavy atom. The maximum Gasteiger partial charge on any atom is 0.332 e. The van der Waals surface area contributed by atoms with Gasteiger partial charge in [0, 0.05) is 31.9 Å². The summed E-state index contributed by atoms with van der Waals surface area (Å²) in [5, 5.41) is 0. The molecule has 3 rings (SSSR count). The van der Waals surface area contributed by atoms with Crippen LogP contribution in [0.15, 0.2) is 23.3 Å². The van der Waals surface area contributed by atoms with Crippen molar-refractivity contribution in [3.05, 3.63) is 23.3 Å². The topological polar surface area (TPSA) is 48.0 Å². The van der Waals surface area contributed by atoms with E-state index in [1.807, 2.05) is 20.8 Å². The summed E-state index contributed by atoms with van der Waals surface area (Å²) in [4.78, 5) is 14.3. The third kappa shape index (κ3) is 2.93. The molecule has 1 fully saturated rings. The maximum absolute atomic E-state index is 11.9. The fraction of sp³-hybridized carbons (Fsp3) is 0.737. The zero-order chi connectivity index (χ0) is 18.1. The van der Waals surface area contributed by atoms with Crippen LogP contribution in [0.4, 0.5) is 0 Å². The molecule has 0 N–H and O–H groups in total. The lowest BCUT2D eigenvalue weighted by atomic mass is 9.84. The third-order valence-corrected chi connectivity index (χ3v) is 5.39. The number of carbonyl (C=O) groups excluding carboxylic acids is 1. The van der Waals surface area contributed by atoms with Crippen LogP contribution in [0, 0.1) is 0 Å². The van der Waals surface area contributed by atoms with E-state index in [0.717, 1.165) is 24.0 Å². The van der Waals surface area contributed by atoms with E-state index in [9.17, 15) is 4.79 Å². The second-order valence-corrected chi connectivity index (χ2v) is 6.62. The van der Waals surface area contributed by atoms with Crippen LogP contribution in [0.3, 0.4) is 0 Å². The Balaban J connectivity index is 0.00000100. The molecule has 136 valence electrons. The van der Waals surface area contributed by atoms with E-state index in [1.165, 1.54) is 0 Å². The van der Waals surface area contributed by atoms with Crippen LogP contribution in [0.5, 0.6) is 0 Å². The molecular formula is C19H31NO4. The molecule has 0 radical (unpaired) electrons. The molecule has 0 aromatic carbocycles. The van der Waals surface area contributed by atoms with Gasteiger partial charge in [-0.1, -0.05) is 19.9 Å². The van der Waals surface area contributed by atoms with Crippen LogP contribution in [-0.2, 0) is 19.0 Å². The van der Waals surface area contributed by atoms with Crippen LogP contribution < -0.4 is 0 Å².